The molecule has 0 heterocycles. The largest absolute Gasteiger partial charge is 0.462 e. The normalized spacial score (nSPS) is 8.55. The number of rotatable bonds is 4. The fraction of sp³-hybridized carbons (Fsp3) is 0.500. The number of allylic oxidation sites excluding steroid dienone is 1. The van der Waals surface area contributed by atoms with E-state index in [1.165, 1.54) is 5.57 Å². The Morgan fingerprint density at radius 2 is 2.18 bits per heavy atom. The molecule has 0 spiro atoms. The molecule has 0 aliphatic rings. The molecule has 0 amide bonds. The molecular formula is C8H12O2S. The standard InChI is InChI=1S/C8H12O2S/c1-7(2)4-3-5-10-8(9)6-11/h4,6H,3,5H2,1-2H3. The lowest BCUT2D eigenvalue weighted by Gasteiger charge is -1.97. The Morgan fingerprint density at radius 3 is 2.64 bits per heavy atom. The number of hydrogen-bond donors (Lipinski definition) is 0. The topological polar surface area (TPSA) is 26.3 Å². The Hall–Kier alpha value is -0.700. The number of carbonyl (C=O) groups excluding carboxylic acids is 1. The van der Waals surface area contributed by atoms with Crippen molar-refractivity contribution in [3.8, 4) is 0 Å². The molecule has 0 radical (unpaired) electrons. The number of thiocarbonyl (C=S) groups is 1. The number of esters is 1. The van der Waals surface area contributed by atoms with Gasteiger partial charge in [0.2, 0.25) is 0 Å². The van der Waals surface area contributed by atoms with E-state index in [0.29, 0.717) is 6.61 Å². The summed E-state index contributed by atoms with van der Waals surface area (Å²) in [7, 11) is 0. The van der Waals surface area contributed by atoms with Crippen LogP contribution in [0.4, 0.5) is 0 Å². The molecule has 0 saturated heterocycles. The summed E-state index contributed by atoms with van der Waals surface area (Å²) >= 11 is 4.36. The first-order valence-corrected chi connectivity index (χ1v) is 3.89. The highest BCUT2D eigenvalue weighted by Crippen LogP contribution is 1.92. The van der Waals surface area contributed by atoms with Crippen molar-refractivity contribution >= 4 is 23.6 Å². The maximum absolute atomic E-state index is 10.5. The van der Waals surface area contributed by atoms with Crippen molar-refractivity contribution in [1.82, 2.24) is 0 Å². The van der Waals surface area contributed by atoms with Crippen LogP contribution < -0.4 is 0 Å². The van der Waals surface area contributed by atoms with Crippen LogP contribution >= 0.6 is 12.2 Å². The van der Waals surface area contributed by atoms with Crippen LogP contribution in [0.25, 0.3) is 0 Å². The van der Waals surface area contributed by atoms with Gasteiger partial charge >= 0.3 is 5.97 Å². The second-order valence-electron chi connectivity index (χ2n) is 2.36. The first-order chi connectivity index (χ1) is 5.16. The van der Waals surface area contributed by atoms with Gasteiger partial charge in [-0.05, 0) is 20.3 Å². The monoisotopic (exact) mass is 172 g/mol. The average molecular weight is 172 g/mol. The predicted octanol–water partition coefficient (Wildman–Crippen LogP) is 1.89. The van der Waals surface area contributed by atoms with Crippen molar-refractivity contribution in [3.63, 3.8) is 0 Å². The molecule has 0 unspecified atom stereocenters. The average Bonchev–Trinajstić information content (AvgIpc) is 1.97. The lowest BCUT2D eigenvalue weighted by Crippen LogP contribution is -2.04. The Labute approximate surface area is 72.2 Å². The molecule has 0 N–H and O–H groups in total. The van der Waals surface area contributed by atoms with Crippen molar-refractivity contribution in [2.24, 2.45) is 0 Å². The fourth-order valence-electron chi connectivity index (χ4n) is 0.541. The van der Waals surface area contributed by atoms with E-state index < -0.39 is 5.97 Å². The van der Waals surface area contributed by atoms with E-state index in [1.54, 1.807) is 0 Å². The predicted molar refractivity (Wildman–Crippen MR) is 48.7 cm³/mol. The smallest absolute Gasteiger partial charge is 0.341 e. The molecule has 0 aromatic heterocycles. The first kappa shape index (κ1) is 10.3. The summed E-state index contributed by atoms with van der Waals surface area (Å²) in [6.07, 6.45) is 2.77. The second-order valence-corrected chi connectivity index (χ2v) is 2.59. The molecule has 0 fully saturated rings. The minimum atomic E-state index is -0.429. The van der Waals surface area contributed by atoms with Crippen molar-refractivity contribution in [3.05, 3.63) is 11.6 Å². The van der Waals surface area contributed by atoms with Crippen molar-refractivity contribution in [2.45, 2.75) is 20.3 Å². The molecule has 2 nitrogen and oxygen atoms in total. The van der Waals surface area contributed by atoms with Crippen LogP contribution in [0.2, 0.25) is 0 Å². The summed E-state index contributed by atoms with van der Waals surface area (Å²) in [5.41, 5.74) is 1.23. The van der Waals surface area contributed by atoms with Gasteiger partial charge in [-0.3, -0.25) is 0 Å². The summed E-state index contributed by atoms with van der Waals surface area (Å²) < 4.78 is 4.70. The van der Waals surface area contributed by atoms with Gasteiger partial charge in [0.05, 0.1) is 12.0 Å². The molecular weight excluding hydrogens is 160 g/mol. The van der Waals surface area contributed by atoms with E-state index in [9.17, 15) is 4.79 Å². The minimum absolute atomic E-state index is 0.414. The summed E-state index contributed by atoms with van der Waals surface area (Å²) in [4.78, 5) is 10.5. The highest BCUT2D eigenvalue weighted by Gasteiger charge is 1.92. The molecule has 0 atom stereocenters. The van der Waals surface area contributed by atoms with Crippen LogP contribution in [-0.4, -0.2) is 17.9 Å². The Balaban J connectivity index is 3.35. The molecule has 0 rings (SSSR count). The van der Waals surface area contributed by atoms with Gasteiger partial charge in [-0.2, -0.15) is 0 Å². The molecule has 0 aliphatic carbocycles. The van der Waals surface area contributed by atoms with Gasteiger partial charge in [0.15, 0.2) is 0 Å². The Kier molecular flexibility index (Phi) is 5.65. The van der Waals surface area contributed by atoms with Crippen molar-refractivity contribution < 1.29 is 9.53 Å². The molecule has 0 bridgehead atoms. The van der Waals surface area contributed by atoms with Crippen LogP contribution in [0, 0.1) is 0 Å². The van der Waals surface area contributed by atoms with Gasteiger partial charge in [0.25, 0.3) is 0 Å². The van der Waals surface area contributed by atoms with Gasteiger partial charge in [0, 0.05) is 0 Å². The zero-order valence-corrected chi connectivity index (χ0v) is 7.61. The third-order valence-corrected chi connectivity index (χ3v) is 1.20. The molecule has 0 aromatic carbocycles. The summed E-state index contributed by atoms with van der Waals surface area (Å²) in [5.74, 6) is -0.429. The first-order valence-electron chi connectivity index (χ1n) is 3.42. The lowest BCUT2D eigenvalue weighted by molar-refractivity contribution is -0.134. The van der Waals surface area contributed by atoms with E-state index in [1.807, 2.05) is 19.9 Å². The SMILES string of the molecule is CC(C)=CCCOC(=O)C=S. The summed E-state index contributed by atoms with van der Waals surface area (Å²) in [6.45, 7) is 4.42. The highest BCUT2D eigenvalue weighted by molar-refractivity contribution is 7.80. The third-order valence-electron chi connectivity index (χ3n) is 1.01. The Bertz CT molecular complexity index is 169. The third kappa shape index (κ3) is 7.19. The minimum Gasteiger partial charge on any atom is -0.462 e. The zero-order chi connectivity index (χ0) is 8.69. The highest BCUT2D eigenvalue weighted by atomic mass is 32.1. The molecule has 62 valence electrons. The molecule has 0 aromatic rings. The van der Waals surface area contributed by atoms with E-state index in [2.05, 4.69) is 12.2 Å². The zero-order valence-electron chi connectivity index (χ0n) is 6.79. The quantitative estimate of drug-likeness (QED) is 0.280. The van der Waals surface area contributed by atoms with E-state index in [0.717, 1.165) is 11.8 Å². The van der Waals surface area contributed by atoms with Crippen LogP contribution in [-0.2, 0) is 9.53 Å². The van der Waals surface area contributed by atoms with E-state index in [4.69, 9.17) is 4.74 Å². The van der Waals surface area contributed by atoms with Gasteiger partial charge in [-0.25, -0.2) is 4.79 Å². The Morgan fingerprint density at radius 1 is 1.55 bits per heavy atom. The summed E-state index contributed by atoms with van der Waals surface area (Å²) in [6, 6.07) is 0. The molecule has 0 saturated carbocycles. The van der Waals surface area contributed by atoms with Gasteiger partial charge in [0.1, 0.15) is 0 Å². The van der Waals surface area contributed by atoms with Gasteiger partial charge in [-0.1, -0.05) is 23.9 Å². The fourth-order valence-corrected chi connectivity index (χ4v) is 0.609. The van der Waals surface area contributed by atoms with Crippen LogP contribution in [0.3, 0.4) is 0 Å². The maximum Gasteiger partial charge on any atom is 0.341 e. The molecule has 3 heteroatoms. The van der Waals surface area contributed by atoms with Crippen LogP contribution in [0.15, 0.2) is 11.6 Å². The van der Waals surface area contributed by atoms with Gasteiger partial charge in [-0.15, -0.1) is 0 Å². The second kappa shape index (κ2) is 6.04. The number of carbonyl (C=O) groups is 1. The van der Waals surface area contributed by atoms with Crippen LogP contribution in [0.1, 0.15) is 20.3 Å². The summed E-state index contributed by atoms with van der Waals surface area (Å²) in [5, 5.41) is 1.00. The van der Waals surface area contributed by atoms with E-state index in [-0.39, 0.29) is 0 Å². The number of hydrogen-bond acceptors (Lipinski definition) is 3. The molecule has 0 aliphatic heterocycles. The lowest BCUT2D eigenvalue weighted by atomic mass is 10.3. The van der Waals surface area contributed by atoms with E-state index >= 15 is 0 Å². The molecule has 11 heavy (non-hydrogen) atoms. The number of ether oxygens (including phenoxy) is 1. The van der Waals surface area contributed by atoms with Crippen LogP contribution in [0.5, 0.6) is 0 Å². The van der Waals surface area contributed by atoms with Crippen molar-refractivity contribution in [2.75, 3.05) is 6.61 Å². The van der Waals surface area contributed by atoms with Gasteiger partial charge < -0.3 is 4.74 Å². The maximum atomic E-state index is 10.5. The van der Waals surface area contributed by atoms with Crippen molar-refractivity contribution in [1.29, 1.82) is 0 Å².